The van der Waals surface area contributed by atoms with Crippen LogP contribution in [-0.4, -0.2) is 37.6 Å². The van der Waals surface area contributed by atoms with Gasteiger partial charge in [-0.3, -0.25) is 0 Å². The zero-order chi connectivity index (χ0) is 15.2. The van der Waals surface area contributed by atoms with E-state index in [0.29, 0.717) is 13.2 Å². The molecule has 0 amide bonds. The molecule has 22 heavy (non-hydrogen) atoms. The van der Waals surface area contributed by atoms with Crippen molar-refractivity contribution in [2.24, 2.45) is 0 Å². The molecule has 0 aromatic heterocycles. The molecule has 2 unspecified atom stereocenters. The summed E-state index contributed by atoms with van der Waals surface area (Å²) >= 11 is 0. The summed E-state index contributed by atoms with van der Waals surface area (Å²) < 4.78 is 22.7. The summed E-state index contributed by atoms with van der Waals surface area (Å²) in [6, 6.07) is 12.1. The summed E-state index contributed by atoms with van der Waals surface area (Å²) in [7, 11) is 0. The van der Waals surface area contributed by atoms with Crippen molar-refractivity contribution in [1.29, 1.82) is 0 Å². The van der Waals surface area contributed by atoms with Crippen molar-refractivity contribution >= 4 is 10.8 Å². The van der Waals surface area contributed by atoms with Crippen molar-refractivity contribution in [2.45, 2.75) is 25.0 Å². The van der Waals surface area contributed by atoms with Crippen LogP contribution >= 0.6 is 0 Å². The van der Waals surface area contributed by atoms with Gasteiger partial charge in [-0.05, 0) is 26.0 Å². The quantitative estimate of drug-likeness (QED) is 0.769. The van der Waals surface area contributed by atoms with E-state index >= 15 is 0 Å². The van der Waals surface area contributed by atoms with Crippen LogP contribution in [0.5, 0.6) is 11.5 Å². The third-order valence-electron chi connectivity index (χ3n) is 4.18. The van der Waals surface area contributed by atoms with Crippen LogP contribution in [0.4, 0.5) is 0 Å². The van der Waals surface area contributed by atoms with E-state index < -0.39 is 0 Å². The van der Waals surface area contributed by atoms with Gasteiger partial charge in [0.15, 0.2) is 0 Å². The van der Waals surface area contributed by atoms with Crippen molar-refractivity contribution in [1.82, 2.24) is 0 Å². The highest BCUT2D eigenvalue weighted by Crippen LogP contribution is 2.36. The van der Waals surface area contributed by atoms with Gasteiger partial charge in [0.05, 0.1) is 13.2 Å². The molecule has 2 aliphatic rings. The molecule has 0 bridgehead atoms. The highest BCUT2D eigenvalue weighted by atomic mass is 16.6. The lowest BCUT2D eigenvalue weighted by atomic mass is 10.1. The Morgan fingerprint density at radius 1 is 0.818 bits per heavy atom. The van der Waals surface area contributed by atoms with E-state index in [1.807, 2.05) is 24.3 Å². The summed E-state index contributed by atoms with van der Waals surface area (Å²) in [6.45, 7) is 6.80. The first-order chi connectivity index (χ1) is 10.6. The molecule has 4 nitrogen and oxygen atoms in total. The largest absolute Gasteiger partial charge is 0.490 e. The summed E-state index contributed by atoms with van der Waals surface area (Å²) in [4.78, 5) is 0. The molecule has 2 fully saturated rings. The first-order valence-corrected chi connectivity index (χ1v) is 7.62. The van der Waals surface area contributed by atoms with Crippen molar-refractivity contribution in [3.05, 3.63) is 36.4 Å². The summed E-state index contributed by atoms with van der Waals surface area (Å²) in [5.74, 6) is 1.74. The molecule has 0 radical (unpaired) electrons. The number of hydrogen-bond donors (Lipinski definition) is 0. The lowest BCUT2D eigenvalue weighted by molar-refractivity contribution is 0.201. The first kappa shape index (κ1) is 13.9. The van der Waals surface area contributed by atoms with E-state index in [2.05, 4.69) is 26.0 Å². The molecule has 0 N–H and O–H groups in total. The first-order valence-electron chi connectivity index (χ1n) is 7.62. The third-order valence-corrected chi connectivity index (χ3v) is 4.18. The van der Waals surface area contributed by atoms with E-state index in [1.165, 1.54) is 0 Å². The summed E-state index contributed by atoms with van der Waals surface area (Å²) in [6.07, 6.45) is 0. The number of fused-ring (bicyclic) bond motifs is 1. The predicted molar refractivity (Wildman–Crippen MR) is 83.7 cm³/mol. The van der Waals surface area contributed by atoms with Crippen LogP contribution in [0, 0.1) is 0 Å². The molecule has 0 saturated carbocycles. The molecular formula is C18H20O4. The highest BCUT2D eigenvalue weighted by molar-refractivity contribution is 5.93. The zero-order valence-corrected chi connectivity index (χ0v) is 12.9. The average Bonchev–Trinajstić information content (AvgIpc) is 3.44. The molecule has 2 aromatic carbocycles. The molecular weight excluding hydrogens is 280 g/mol. The van der Waals surface area contributed by atoms with Crippen molar-refractivity contribution in [3.63, 3.8) is 0 Å². The van der Waals surface area contributed by atoms with E-state index in [4.69, 9.17) is 18.9 Å². The van der Waals surface area contributed by atoms with Gasteiger partial charge in [-0.15, -0.1) is 0 Å². The van der Waals surface area contributed by atoms with Crippen LogP contribution in [0.15, 0.2) is 36.4 Å². The van der Waals surface area contributed by atoms with Gasteiger partial charge in [0.2, 0.25) is 0 Å². The van der Waals surface area contributed by atoms with Gasteiger partial charge in [-0.1, -0.05) is 24.3 Å². The normalized spacial score (nSPS) is 29.4. The van der Waals surface area contributed by atoms with Gasteiger partial charge in [-0.25, -0.2) is 0 Å². The second-order valence-corrected chi connectivity index (χ2v) is 6.66. The Kier molecular flexibility index (Phi) is 3.06. The van der Waals surface area contributed by atoms with Crippen LogP contribution in [0.1, 0.15) is 13.8 Å². The van der Waals surface area contributed by atoms with Gasteiger partial charge < -0.3 is 18.9 Å². The highest BCUT2D eigenvalue weighted by Gasteiger charge is 2.41. The standard InChI is InChI=1S/C18H20O4/c1-17(11-21-17)9-19-15-7-8-16(20-10-18(2)12-22-18)14-6-4-3-5-13(14)15/h3-8H,9-12H2,1-2H3. The van der Waals surface area contributed by atoms with Crippen molar-refractivity contribution in [3.8, 4) is 11.5 Å². The summed E-state index contributed by atoms with van der Waals surface area (Å²) in [5, 5.41) is 2.12. The Labute approximate surface area is 129 Å². The zero-order valence-electron chi connectivity index (χ0n) is 12.9. The lowest BCUT2D eigenvalue weighted by Gasteiger charge is -2.15. The molecule has 116 valence electrons. The van der Waals surface area contributed by atoms with E-state index in [9.17, 15) is 0 Å². The number of ether oxygens (including phenoxy) is 4. The Morgan fingerprint density at radius 2 is 1.23 bits per heavy atom. The fourth-order valence-corrected chi connectivity index (χ4v) is 2.37. The minimum atomic E-state index is -0.117. The molecule has 2 heterocycles. The van der Waals surface area contributed by atoms with Crippen LogP contribution in [0.2, 0.25) is 0 Å². The van der Waals surface area contributed by atoms with Gasteiger partial charge in [0, 0.05) is 10.8 Å². The second kappa shape index (κ2) is 4.86. The molecule has 2 aliphatic heterocycles. The average molecular weight is 300 g/mol. The Bertz CT molecular complexity index is 641. The third kappa shape index (κ3) is 2.76. The topological polar surface area (TPSA) is 43.5 Å². The molecule has 2 saturated heterocycles. The molecule has 4 heteroatoms. The predicted octanol–water partition coefficient (Wildman–Crippen LogP) is 3.18. The SMILES string of the molecule is CC1(COc2ccc(OCC3(C)CO3)c3ccccc23)CO1. The van der Waals surface area contributed by atoms with Crippen LogP contribution in [0.3, 0.4) is 0 Å². The van der Waals surface area contributed by atoms with Gasteiger partial charge in [0.25, 0.3) is 0 Å². The fourth-order valence-electron chi connectivity index (χ4n) is 2.37. The number of benzene rings is 2. The van der Waals surface area contributed by atoms with Gasteiger partial charge in [-0.2, -0.15) is 0 Å². The van der Waals surface area contributed by atoms with E-state index in [-0.39, 0.29) is 11.2 Å². The molecule has 2 aromatic rings. The lowest BCUT2D eigenvalue weighted by Crippen LogP contribution is -2.18. The number of epoxide rings is 2. The Hall–Kier alpha value is -1.78. The maximum absolute atomic E-state index is 5.95. The molecule has 0 spiro atoms. The van der Waals surface area contributed by atoms with Gasteiger partial charge in [0.1, 0.15) is 35.9 Å². The minimum absolute atomic E-state index is 0.117. The monoisotopic (exact) mass is 300 g/mol. The number of rotatable bonds is 6. The fraction of sp³-hybridized carbons (Fsp3) is 0.444. The van der Waals surface area contributed by atoms with E-state index in [0.717, 1.165) is 35.5 Å². The van der Waals surface area contributed by atoms with Crippen LogP contribution < -0.4 is 9.47 Å². The maximum Gasteiger partial charge on any atom is 0.127 e. The molecule has 4 rings (SSSR count). The minimum Gasteiger partial charge on any atom is -0.490 e. The maximum atomic E-state index is 5.95. The van der Waals surface area contributed by atoms with Crippen molar-refractivity contribution in [2.75, 3.05) is 26.4 Å². The Morgan fingerprint density at radius 3 is 1.59 bits per heavy atom. The molecule has 0 aliphatic carbocycles. The van der Waals surface area contributed by atoms with Crippen LogP contribution in [0.25, 0.3) is 10.8 Å². The Balaban J connectivity index is 1.59. The van der Waals surface area contributed by atoms with E-state index in [1.54, 1.807) is 0 Å². The second-order valence-electron chi connectivity index (χ2n) is 6.66. The smallest absolute Gasteiger partial charge is 0.127 e. The summed E-state index contributed by atoms with van der Waals surface area (Å²) in [5.41, 5.74) is -0.234. The molecule has 2 atom stereocenters. The number of hydrogen-bond acceptors (Lipinski definition) is 4. The van der Waals surface area contributed by atoms with Crippen molar-refractivity contribution < 1.29 is 18.9 Å². The van der Waals surface area contributed by atoms with Crippen LogP contribution in [-0.2, 0) is 9.47 Å². The van der Waals surface area contributed by atoms with Gasteiger partial charge >= 0.3 is 0 Å².